The summed E-state index contributed by atoms with van der Waals surface area (Å²) in [6, 6.07) is 0.373. The van der Waals surface area contributed by atoms with Gasteiger partial charge in [0.25, 0.3) is 0 Å². The molecule has 1 atom stereocenters. The fraction of sp³-hybridized carbons (Fsp3) is 0.700. The molecule has 0 radical (unpaired) electrons. The molecule has 76 valence electrons. The van der Waals surface area contributed by atoms with Crippen molar-refractivity contribution in [3.8, 4) is 0 Å². The van der Waals surface area contributed by atoms with Crippen molar-refractivity contribution in [2.24, 2.45) is 0 Å². The average Bonchev–Trinajstić information content (AvgIpc) is 2.04. The van der Waals surface area contributed by atoms with Gasteiger partial charge in [-0.3, -0.25) is 4.90 Å². The molecule has 0 saturated heterocycles. The highest BCUT2D eigenvalue weighted by Crippen LogP contribution is 2.06. The van der Waals surface area contributed by atoms with Gasteiger partial charge in [-0.1, -0.05) is 13.5 Å². The third kappa shape index (κ3) is 4.08. The summed E-state index contributed by atoms with van der Waals surface area (Å²) in [6.07, 6.45) is 1.00. The molecule has 0 aromatic carbocycles. The van der Waals surface area contributed by atoms with Crippen LogP contribution in [0.25, 0.3) is 0 Å². The number of ether oxygens (including phenoxy) is 1. The first-order valence-corrected chi connectivity index (χ1v) is 4.61. The molecular weight excluding hydrogens is 166 g/mol. The third-order valence-corrected chi connectivity index (χ3v) is 1.95. The lowest BCUT2D eigenvalue weighted by Gasteiger charge is -2.30. The van der Waals surface area contributed by atoms with Crippen LogP contribution in [0.2, 0.25) is 0 Å². The highest BCUT2D eigenvalue weighted by atomic mass is 16.6. The average molecular weight is 185 g/mol. The van der Waals surface area contributed by atoms with Crippen molar-refractivity contribution in [3.63, 3.8) is 0 Å². The summed E-state index contributed by atoms with van der Waals surface area (Å²) in [6.45, 7) is 12.3. The Morgan fingerprint density at radius 1 is 1.54 bits per heavy atom. The van der Waals surface area contributed by atoms with Crippen molar-refractivity contribution in [3.05, 3.63) is 12.7 Å². The van der Waals surface area contributed by atoms with E-state index >= 15 is 0 Å². The zero-order valence-electron chi connectivity index (χ0n) is 8.91. The second-order valence-corrected chi connectivity index (χ2v) is 3.16. The number of hydrogen-bond acceptors (Lipinski definition) is 3. The molecule has 13 heavy (non-hydrogen) atoms. The maximum atomic E-state index is 10.9. The molecule has 3 nitrogen and oxygen atoms in total. The first-order chi connectivity index (χ1) is 6.02. The summed E-state index contributed by atoms with van der Waals surface area (Å²) < 4.78 is 5.08. The summed E-state index contributed by atoms with van der Waals surface area (Å²) in [5.41, 5.74) is 0. The van der Waals surface area contributed by atoms with E-state index in [1.165, 1.54) is 6.08 Å². The molecule has 0 saturated carbocycles. The molecule has 0 aromatic heterocycles. The van der Waals surface area contributed by atoms with Crippen molar-refractivity contribution in [2.75, 3.05) is 6.54 Å². The normalized spacial score (nSPS) is 13.1. The predicted molar refractivity (Wildman–Crippen MR) is 53.3 cm³/mol. The zero-order valence-corrected chi connectivity index (χ0v) is 8.91. The van der Waals surface area contributed by atoms with E-state index in [4.69, 9.17) is 4.74 Å². The van der Waals surface area contributed by atoms with Gasteiger partial charge >= 0.3 is 5.97 Å². The van der Waals surface area contributed by atoms with Crippen LogP contribution in [0.4, 0.5) is 0 Å². The van der Waals surface area contributed by atoms with Gasteiger partial charge in [-0.15, -0.1) is 0 Å². The van der Waals surface area contributed by atoms with Crippen LogP contribution in [0.5, 0.6) is 0 Å². The van der Waals surface area contributed by atoms with Crippen molar-refractivity contribution >= 4 is 5.97 Å². The first-order valence-electron chi connectivity index (χ1n) is 4.61. The van der Waals surface area contributed by atoms with Crippen molar-refractivity contribution in [1.82, 2.24) is 4.90 Å². The molecule has 0 rings (SSSR count). The topological polar surface area (TPSA) is 29.5 Å². The van der Waals surface area contributed by atoms with E-state index in [9.17, 15) is 4.79 Å². The lowest BCUT2D eigenvalue weighted by atomic mass is 10.3. The number of esters is 1. The Kier molecular flexibility index (Phi) is 5.39. The van der Waals surface area contributed by atoms with Gasteiger partial charge in [-0.25, -0.2) is 4.79 Å². The number of nitrogens with zero attached hydrogens (tertiary/aromatic N) is 1. The molecule has 0 aliphatic heterocycles. The van der Waals surface area contributed by atoms with E-state index < -0.39 is 0 Å². The summed E-state index contributed by atoms with van der Waals surface area (Å²) in [4.78, 5) is 13.0. The Balaban J connectivity index is 4.12. The maximum Gasteiger partial charge on any atom is 0.331 e. The fourth-order valence-corrected chi connectivity index (χ4v) is 1.33. The van der Waals surface area contributed by atoms with Gasteiger partial charge in [0.2, 0.25) is 0 Å². The van der Waals surface area contributed by atoms with E-state index in [0.717, 1.165) is 6.54 Å². The Morgan fingerprint density at radius 3 is 2.38 bits per heavy atom. The van der Waals surface area contributed by atoms with Gasteiger partial charge in [0.05, 0.1) is 0 Å². The molecule has 0 aliphatic carbocycles. The van der Waals surface area contributed by atoms with E-state index in [1.807, 2.05) is 13.8 Å². The summed E-state index contributed by atoms with van der Waals surface area (Å²) in [5.74, 6) is -0.369. The number of hydrogen-bond donors (Lipinski definition) is 0. The molecule has 0 spiro atoms. The van der Waals surface area contributed by atoms with Crippen LogP contribution in [0.3, 0.4) is 0 Å². The molecule has 0 heterocycles. The van der Waals surface area contributed by atoms with Crippen molar-refractivity contribution < 1.29 is 9.53 Å². The van der Waals surface area contributed by atoms with Gasteiger partial charge in [0, 0.05) is 12.1 Å². The van der Waals surface area contributed by atoms with E-state index in [1.54, 1.807) is 0 Å². The minimum absolute atomic E-state index is 0.185. The van der Waals surface area contributed by atoms with Gasteiger partial charge in [0.15, 0.2) is 6.23 Å². The molecular formula is C10H19NO2. The van der Waals surface area contributed by atoms with Crippen LogP contribution in [0.1, 0.15) is 27.7 Å². The van der Waals surface area contributed by atoms with Crippen LogP contribution in [-0.2, 0) is 9.53 Å². The second-order valence-electron chi connectivity index (χ2n) is 3.16. The monoisotopic (exact) mass is 185 g/mol. The van der Waals surface area contributed by atoms with Crippen molar-refractivity contribution in [2.45, 2.75) is 40.0 Å². The van der Waals surface area contributed by atoms with E-state index in [-0.39, 0.29) is 12.2 Å². The molecule has 0 N–H and O–H groups in total. The SMILES string of the molecule is C=CC(=O)OC(C)N(CC)C(C)C. The quantitative estimate of drug-likeness (QED) is 0.371. The molecule has 3 heteroatoms. The number of rotatable bonds is 5. The highest BCUT2D eigenvalue weighted by molar-refractivity contribution is 5.81. The summed E-state index contributed by atoms with van der Waals surface area (Å²) in [7, 11) is 0. The first kappa shape index (κ1) is 12.2. The maximum absolute atomic E-state index is 10.9. The minimum atomic E-state index is -0.369. The molecule has 1 unspecified atom stereocenters. The van der Waals surface area contributed by atoms with Crippen LogP contribution in [0, 0.1) is 0 Å². The van der Waals surface area contributed by atoms with E-state index in [2.05, 4.69) is 25.3 Å². The third-order valence-electron chi connectivity index (χ3n) is 1.95. The second kappa shape index (κ2) is 5.75. The molecule has 0 amide bonds. The Morgan fingerprint density at radius 2 is 2.08 bits per heavy atom. The fourth-order valence-electron chi connectivity index (χ4n) is 1.33. The van der Waals surface area contributed by atoms with Crippen LogP contribution in [0.15, 0.2) is 12.7 Å². The Bertz CT molecular complexity index is 178. The number of carbonyl (C=O) groups is 1. The minimum Gasteiger partial charge on any atom is -0.443 e. The van der Waals surface area contributed by atoms with Gasteiger partial charge in [0.1, 0.15) is 0 Å². The van der Waals surface area contributed by atoms with E-state index in [0.29, 0.717) is 6.04 Å². The Labute approximate surface area is 80.4 Å². The summed E-state index contributed by atoms with van der Waals surface area (Å²) in [5, 5.41) is 0. The largest absolute Gasteiger partial charge is 0.443 e. The van der Waals surface area contributed by atoms with Crippen LogP contribution in [-0.4, -0.2) is 29.7 Å². The number of carbonyl (C=O) groups excluding carboxylic acids is 1. The lowest BCUT2D eigenvalue weighted by Crippen LogP contribution is -2.40. The predicted octanol–water partition coefficient (Wildman–Crippen LogP) is 1.79. The molecule has 0 aliphatic rings. The zero-order chi connectivity index (χ0) is 10.4. The Hall–Kier alpha value is -0.830. The molecule has 0 aromatic rings. The van der Waals surface area contributed by atoms with Crippen LogP contribution < -0.4 is 0 Å². The van der Waals surface area contributed by atoms with Crippen molar-refractivity contribution in [1.29, 1.82) is 0 Å². The molecule has 0 bridgehead atoms. The lowest BCUT2D eigenvalue weighted by molar-refractivity contribution is -0.152. The molecule has 0 fully saturated rings. The van der Waals surface area contributed by atoms with Gasteiger partial charge in [-0.2, -0.15) is 0 Å². The van der Waals surface area contributed by atoms with Gasteiger partial charge < -0.3 is 4.74 Å². The van der Waals surface area contributed by atoms with Crippen LogP contribution >= 0.6 is 0 Å². The standard InChI is InChI=1S/C10H19NO2/c1-6-10(12)13-9(5)11(7-2)8(3)4/h6,8-9H,1,7H2,2-5H3. The smallest absolute Gasteiger partial charge is 0.331 e. The van der Waals surface area contributed by atoms with Gasteiger partial charge in [-0.05, 0) is 27.3 Å². The highest BCUT2D eigenvalue weighted by Gasteiger charge is 2.17. The summed E-state index contributed by atoms with van der Waals surface area (Å²) >= 11 is 0.